The molecular weight excluding hydrogens is 411 g/mol. The standard InChI is InChI=1S/C21H20Cl2N4O2/c1-3-15-10-16(27-28)11-18(22)20(15)29-17-6-4-14(5-7-17)8-9-24-21-19(23)13(2)25-12-26-21/h4-7,10-12H,3,8-9H2,1-2H3,(H,24,25,26). The maximum atomic E-state index is 10.8. The van der Waals surface area contributed by atoms with Gasteiger partial charge in [-0.3, -0.25) is 0 Å². The van der Waals surface area contributed by atoms with Crippen molar-refractivity contribution in [1.82, 2.24) is 9.97 Å². The summed E-state index contributed by atoms with van der Waals surface area (Å²) in [4.78, 5) is 19.0. The average molecular weight is 431 g/mol. The van der Waals surface area contributed by atoms with Gasteiger partial charge in [0.1, 0.15) is 34.4 Å². The smallest absolute Gasteiger partial charge is 0.149 e. The lowest BCUT2D eigenvalue weighted by Gasteiger charge is -2.13. The first-order chi connectivity index (χ1) is 14.0. The van der Waals surface area contributed by atoms with Crippen LogP contribution in [0.25, 0.3) is 0 Å². The van der Waals surface area contributed by atoms with Crippen molar-refractivity contribution in [3.63, 3.8) is 0 Å². The maximum absolute atomic E-state index is 10.8. The summed E-state index contributed by atoms with van der Waals surface area (Å²) in [5.74, 6) is 1.85. The topological polar surface area (TPSA) is 76.5 Å². The number of nitroso groups, excluding NO2 is 1. The van der Waals surface area contributed by atoms with Gasteiger partial charge in [-0.1, -0.05) is 42.3 Å². The van der Waals surface area contributed by atoms with Crippen LogP contribution in [0.1, 0.15) is 23.7 Å². The van der Waals surface area contributed by atoms with Gasteiger partial charge in [0.25, 0.3) is 0 Å². The molecule has 150 valence electrons. The molecule has 0 spiro atoms. The third-order valence-corrected chi connectivity index (χ3v) is 5.14. The summed E-state index contributed by atoms with van der Waals surface area (Å²) in [5, 5.41) is 7.07. The van der Waals surface area contributed by atoms with E-state index in [4.69, 9.17) is 27.9 Å². The molecule has 0 saturated heterocycles. The Kier molecular flexibility index (Phi) is 7.01. The zero-order chi connectivity index (χ0) is 20.8. The number of aryl methyl sites for hydroxylation is 2. The first-order valence-corrected chi connectivity index (χ1v) is 9.91. The van der Waals surface area contributed by atoms with Gasteiger partial charge in [0, 0.05) is 6.54 Å². The van der Waals surface area contributed by atoms with E-state index in [0.29, 0.717) is 46.0 Å². The minimum absolute atomic E-state index is 0.293. The highest BCUT2D eigenvalue weighted by Gasteiger charge is 2.12. The Hall–Kier alpha value is -2.70. The minimum Gasteiger partial charge on any atom is -0.456 e. The lowest BCUT2D eigenvalue weighted by molar-refractivity contribution is 0.477. The van der Waals surface area contributed by atoms with Crippen LogP contribution in [0.5, 0.6) is 11.5 Å². The molecule has 0 radical (unpaired) electrons. The molecule has 2 aromatic carbocycles. The first-order valence-electron chi connectivity index (χ1n) is 9.15. The third-order valence-electron chi connectivity index (χ3n) is 4.40. The number of anilines is 1. The van der Waals surface area contributed by atoms with Gasteiger partial charge >= 0.3 is 0 Å². The second-order valence-electron chi connectivity index (χ2n) is 6.41. The molecule has 3 rings (SSSR count). The molecule has 0 unspecified atom stereocenters. The number of hydrogen-bond acceptors (Lipinski definition) is 6. The van der Waals surface area contributed by atoms with Gasteiger partial charge < -0.3 is 10.1 Å². The molecule has 0 aliphatic carbocycles. The molecule has 1 N–H and O–H groups in total. The fourth-order valence-electron chi connectivity index (χ4n) is 2.81. The maximum Gasteiger partial charge on any atom is 0.149 e. The van der Waals surface area contributed by atoms with E-state index in [9.17, 15) is 4.91 Å². The quantitative estimate of drug-likeness (QED) is 0.412. The lowest BCUT2D eigenvalue weighted by atomic mass is 10.1. The predicted molar refractivity (Wildman–Crippen MR) is 117 cm³/mol. The van der Waals surface area contributed by atoms with Crippen molar-refractivity contribution >= 4 is 34.7 Å². The molecule has 1 aromatic heterocycles. The van der Waals surface area contributed by atoms with Crippen molar-refractivity contribution in [3.05, 3.63) is 74.5 Å². The Morgan fingerprint density at radius 3 is 2.59 bits per heavy atom. The summed E-state index contributed by atoms with van der Waals surface area (Å²) in [6, 6.07) is 10.9. The summed E-state index contributed by atoms with van der Waals surface area (Å²) in [6.45, 7) is 4.49. The van der Waals surface area contributed by atoms with Gasteiger partial charge in [0.05, 0.1) is 10.7 Å². The number of nitrogens with one attached hydrogen (secondary N) is 1. The van der Waals surface area contributed by atoms with Crippen molar-refractivity contribution < 1.29 is 4.74 Å². The van der Waals surface area contributed by atoms with Gasteiger partial charge in [-0.15, -0.1) is 4.91 Å². The summed E-state index contributed by atoms with van der Waals surface area (Å²) >= 11 is 12.5. The van der Waals surface area contributed by atoms with E-state index in [0.717, 1.165) is 23.2 Å². The van der Waals surface area contributed by atoms with Crippen LogP contribution in [0.15, 0.2) is 47.9 Å². The monoisotopic (exact) mass is 430 g/mol. The van der Waals surface area contributed by atoms with Gasteiger partial charge in [-0.25, -0.2) is 9.97 Å². The van der Waals surface area contributed by atoms with Crippen LogP contribution >= 0.6 is 23.2 Å². The van der Waals surface area contributed by atoms with Crippen molar-refractivity contribution in [2.45, 2.75) is 26.7 Å². The number of ether oxygens (including phenoxy) is 1. The summed E-state index contributed by atoms with van der Waals surface area (Å²) in [6.07, 6.45) is 2.95. The Balaban J connectivity index is 1.63. The number of hydrogen-bond donors (Lipinski definition) is 1. The molecule has 0 fully saturated rings. The fourth-order valence-corrected chi connectivity index (χ4v) is 3.25. The highest BCUT2D eigenvalue weighted by molar-refractivity contribution is 6.33. The molecule has 0 bridgehead atoms. The third kappa shape index (κ3) is 5.22. The van der Waals surface area contributed by atoms with Crippen LogP contribution in [0, 0.1) is 11.8 Å². The number of halogens is 2. The molecule has 0 aliphatic heterocycles. The van der Waals surface area contributed by atoms with Crippen molar-refractivity contribution in [2.24, 2.45) is 5.18 Å². The van der Waals surface area contributed by atoms with Gasteiger partial charge in [-0.05, 0) is 60.3 Å². The Labute approximate surface area is 179 Å². The highest BCUT2D eigenvalue weighted by atomic mass is 35.5. The van der Waals surface area contributed by atoms with Gasteiger partial charge in [-0.2, -0.15) is 0 Å². The minimum atomic E-state index is 0.293. The summed E-state index contributed by atoms with van der Waals surface area (Å²) in [5.41, 5.74) is 3.00. The first kappa shape index (κ1) is 21.0. The number of nitrogens with zero attached hydrogens (tertiary/aromatic N) is 3. The van der Waals surface area contributed by atoms with E-state index in [2.05, 4.69) is 20.5 Å². The zero-order valence-electron chi connectivity index (χ0n) is 16.1. The number of benzene rings is 2. The van der Waals surface area contributed by atoms with E-state index < -0.39 is 0 Å². The van der Waals surface area contributed by atoms with Crippen LogP contribution in [0.2, 0.25) is 10.0 Å². The van der Waals surface area contributed by atoms with Gasteiger partial charge in [0.15, 0.2) is 0 Å². The molecular formula is C21H20Cl2N4O2. The Morgan fingerprint density at radius 1 is 1.14 bits per heavy atom. The summed E-state index contributed by atoms with van der Waals surface area (Å²) < 4.78 is 5.96. The average Bonchev–Trinajstić information content (AvgIpc) is 2.73. The van der Waals surface area contributed by atoms with Crippen LogP contribution in [-0.2, 0) is 12.8 Å². The highest BCUT2D eigenvalue weighted by Crippen LogP contribution is 2.37. The van der Waals surface area contributed by atoms with E-state index in [1.54, 1.807) is 6.07 Å². The molecule has 0 amide bonds. The van der Waals surface area contributed by atoms with Crippen molar-refractivity contribution in [3.8, 4) is 11.5 Å². The largest absolute Gasteiger partial charge is 0.456 e. The zero-order valence-corrected chi connectivity index (χ0v) is 17.6. The Morgan fingerprint density at radius 2 is 1.90 bits per heavy atom. The second-order valence-corrected chi connectivity index (χ2v) is 7.19. The lowest BCUT2D eigenvalue weighted by Crippen LogP contribution is -2.07. The van der Waals surface area contributed by atoms with Crippen LogP contribution in [-0.4, -0.2) is 16.5 Å². The SMILES string of the molecule is CCc1cc(N=O)cc(Cl)c1Oc1ccc(CCNc2ncnc(C)c2Cl)cc1. The van der Waals surface area contributed by atoms with Crippen LogP contribution in [0.3, 0.4) is 0 Å². The van der Waals surface area contributed by atoms with E-state index >= 15 is 0 Å². The van der Waals surface area contributed by atoms with Crippen molar-refractivity contribution in [1.29, 1.82) is 0 Å². The molecule has 8 heteroatoms. The molecule has 0 aliphatic rings. The molecule has 0 saturated carbocycles. The second kappa shape index (κ2) is 9.67. The predicted octanol–water partition coefficient (Wildman–Crippen LogP) is 6.50. The van der Waals surface area contributed by atoms with Gasteiger partial charge in [0.2, 0.25) is 0 Å². The van der Waals surface area contributed by atoms with E-state index in [1.807, 2.05) is 38.1 Å². The summed E-state index contributed by atoms with van der Waals surface area (Å²) in [7, 11) is 0. The molecule has 3 aromatic rings. The van der Waals surface area contributed by atoms with Crippen LogP contribution in [0.4, 0.5) is 11.5 Å². The van der Waals surface area contributed by atoms with Crippen LogP contribution < -0.4 is 10.1 Å². The number of rotatable bonds is 8. The molecule has 6 nitrogen and oxygen atoms in total. The molecule has 1 heterocycles. The number of aromatic nitrogens is 2. The fraction of sp³-hybridized carbons (Fsp3) is 0.238. The molecule has 29 heavy (non-hydrogen) atoms. The Bertz CT molecular complexity index is 1010. The van der Waals surface area contributed by atoms with Crippen molar-refractivity contribution in [2.75, 3.05) is 11.9 Å². The molecule has 0 atom stereocenters. The van der Waals surface area contributed by atoms with E-state index in [1.165, 1.54) is 12.4 Å². The van der Waals surface area contributed by atoms with E-state index in [-0.39, 0.29) is 0 Å². The normalized spacial score (nSPS) is 10.6.